The molecule has 3 aromatic rings. The Morgan fingerprint density at radius 3 is 2.03 bits per heavy atom. The van der Waals surface area contributed by atoms with Crippen molar-refractivity contribution in [3.05, 3.63) is 52.6 Å². The normalized spacial score (nSPS) is 12.1. The van der Waals surface area contributed by atoms with Crippen molar-refractivity contribution < 1.29 is 65.5 Å². The molecular formula is C16H12N4NaO9S2+. The largest absolute Gasteiger partial charge is 1.00 e. The smallest absolute Gasteiger partial charge is 0.505 e. The summed E-state index contributed by atoms with van der Waals surface area (Å²) in [5.41, 5.74) is 4.53. The van der Waals surface area contributed by atoms with E-state index in [2.05, 4.69) is 10.2 Å². The second kappa shape index (κ2) is 9.07. The van der Waals surface area contributed by atoms with Crippen LogP contribution in [-0.4, -0.2) is 36.0 Å². The van der Waals surface area contributed by atoms with Gasteiger partial charge in [0.2, 0.25) is 0 Å². The quantitative estimate of drug-likeness (QED) is 0.0929. The first-order chi connectivity index (χ1) is 14.3. The standard InChI is InChI=1S/C16H12N4O9S2.Na/c17-12-7-11(30(24,25)26)5-8-6-13(31(27,28)29)15(16(21)14(8)12)19-18-9-1-3-10(4-2-9)20(22)23;/h1-7,21H,17H2,(H,24,25,26)(H,27,28,29);/q;+1. The summed E-state index contributed by atoms with van der Waals surface area (Å²) in [6, 6.07) is 7.12. The van der Waals surface area contributed by atoms with Crippen molar-refractivity contribution in [1.29, 1.82) is 0 Å². The van der Waals surface area contributed by atoms with Gasteiger partial charge in [-0.25, -0.2) is 0 Å². The van der Waals surface area contributed by atoms with Crippen molar-refractivity contribution in [2.24, 2.45) is 10.2 Å². The molecule has 0 unspecified atom stereocenters. The number of nitrogen functional groups attached to an aromatic ring is 1. The maximum Gasteiger partial charge on any atom is 1.00 e. The number of phenolic OH excluding ortho intramolecular Hbond substituents is 1. The molecule has 0 heterocycles. The van der Waals surface area contributed by atoms with Crippen LogP contribution in [0.5, 0.6) is 5.75 Å². The fourth-order valence-electron chi connectivity index (χ4n) is 2.68. The van der Waals surface area contributed by atoms with Gasteiger partial charge in [0.1, 0.15) is 10.6 Å². The fraction of sp³-hybridized carbons (Fsp3) is 0. The van der Waals surface area contributed by atoms with E-state index in [4.69, 9.17) is 5.73 Å². The van der Waals surface area contributed by atoms with E-state index >= 15 is 0 Å². The number of fused-ring (bicyclic) bond motifs is 1. The predicted octanol–water partition coefficient (Wildman–Crippen LogP) is -0.0514. The summed E-state index contributed by atoms with van der Waals surface area (Å²) in [5, 5.41) is 28.1. The molecule has 0 aliphatic carbocycles. The summed E-state index contributed by atoms with van der Waals surface area (Å²) in [6.45, 7) is 0. The van der Waals surface area contributed by atoms with E-state index in [1.807, 2.05) is 0 Å². The number of benzene rings is 3. The average Bonchev–Trinajstić information content (AvgIpc) is 2.65. The molecule has 0 spiro atoms. The van der Waals surface area contributed by atoms with Crippen molar-refractivity contribution in [2.75, 3.05) is 5.73 Å². The van der Waals surface area contributed by atoms with Gasteiger partial charge in [-0.2, -0.15) is 21.9 Å². The molecule has 3 rings (SSSR count). The third kappa shape index (κ3) is 5.21. The van der Waals surface area contributed by atoms with E-state index in [0.717, 1.165) is 30.3 Å². The summed E-state index contributed by atoms with van der Waals surface area (Å²) in [7, 11) is -9.69. The number of azo groups is 1. The molecule has 0 aliphatic heterocycles. The maximum atomic E-state index is 11.8. The Bertz CT molecular complexity index is 1470. The molecule has 32 heavy (non-hydrogen) atoms. The number of anilines is 1. The molecule has 162 valence electrons. The number of nitro groups is 1. The molecule has 0 saturated heterocycles. The molecule has 5 N–H and O–H groups in total. The first-order valence-electron chi connectivity index (χ1n) is 7.99. The van der Waals surface area contributed by atoms with Crippen molar-refractivity contribution >= 4 is 53.8 Å². The summed E-state index contributed by atoms with van der Waals surface area (Å²) in [4.78, 5) is 8.46. The van der Waals surface area contributed by atoms with Crippen LogP contribution in [0.25, 0.3) is 10.8 Å². The van der Waals surface area contributed by atoms with Gasteiger partial charge in [-0.3, -0.25) is 19.2 Å². The third-order valence-corrected chi connectivity index (χ3v) is 5.75. The van der Waals surface area contributed by atoms with E-state index in [1.54, 1.807) is 0 Å². The zero-order valence-corrected chi connectivity index (χ0v) is 19.7. The van der Waals surface area contributed by atoms with Crippen LogP contribution in [0.3, 0.4) is 0 Å². The first-order valence-corrected chi connectivity index (χ1v) is 10.9. The minimum absolute atomic E-state index is 0. The van der Waals surface area contributed by atoms with Crippen LogP contribution >= 0.6 is 0 Å². The number of nitrogens with zero attached hydrogens (tertiary/aromatic N) is 3. The Hall–Kier alpha value is -2.66. The number of nitro benzene ring substituents is 1. The maximum absolute atomic E-state index is 11.8. The van der Waals surface area contributed by atoms with Gasteiger partial charge in [-0.1, -0.05) is 0 Å². The van der Waals surface area contributed by atoms with Crippen molar-refractivity contribution in [2.45, 2.75) is 9.79 Å². The molecule has 0 aliphatic rings. The number of non-ortho nitro benzene ring substituents is 1. The summed E-state index contributed by atoms with van der Waals surface area (Å²) in [5.74, 6) is -0.838. The van der Waals surface area contributed by atoms with Gasteiger partial charge in [0.25, 0.3) is 25.9 Å². The minimum atomic E-state index is -4.99. The number of phenols is 1. The van der Waals surface area contributed by atoms with Gasteiger partial charge in [0.05, 0.1) is 15.5 Å². The zero-order chi connectivity index (χ0) is 23.1. The summed E-state index contributed by atoms with van der Waals surface area (Å²) in [6.07, 6.45) is 0. The van der Waals surface area contributed by atoms with Crippen LogP contribution in [0.1, 0.15) is 0 Å². The van der Waals surface area contributed by atoms with Crippen LogP contribution in [-0.2, 0) is 20.2 Å². The van der Waals surface area contributed by atoms with Crippen molar-refractivity contribution in [3.63, 3.8) is 0 Å². The number of nitrogens with two attached hydrogens (primary N) is 1. The Balaban J connectivity index is 0.00000363. The van der Waals surface area contributed by atoms with Crippen LogP contribution in [0.15, 0.2) is 62.5 Å². The van der Waals surface area contributed by atoms with E-state index < -0.39 is 46.4 Å². The van der Waals surface area contributed by atoms with Gasteiger partial charge in [0.15, 0.2) is 5.75 Å². The summed E-state index contributed by atoms with van der Waals surface area (Å²) < 4.78 is 65.1. The SMILES string of the molecule is Nc1cc(S(=O)(=O)O)cc2cc(S(=O)(=O)O)c(N=Nc3ccc([N+](=O)[O-])cc3)c(O)c12.[Na+]. The Labute approximate surface area is 202 Å². The van der Waals surface area contributed by atoms with Gasteiger partial charge in [0, 0.05) is 23.2 Å². The zero-order valence-electron chi connectivity index (χ0n) is 16.1. The fourth-order valence-corrected chi connectivity index (χ4v) is 3.89. The Morgan fingerprint density at radius 1 is 0.938 bits per heavy atom. The molecule has 0 saturated carbocycles. The molecule has 16 heteroatoms. The van der Waals surface area contributed by atoms with Gasteiger partial charge < -0.3 is 10.8 Å². The molecule has 0 aromatic heterocycles. The second-order valence-corrected chi connectivity index (χ2v) is 8.92. The second-order valence-electron chi connectivity index (χ2n) is 6.11. The minimum Gasteiger partial charge on any atom is -0.505 e. The van der Waals surface area contributed by atoms with E-state index in [0.29, 0.717) is 0 Å². The molecular weight excluding hydrogens is 479 g/mol. The average molecular weight is 491 g/mol. The Kier molecular flexibility index (Phi) is 7.25. The van der Waals surface area contributed by atoms with E-state index in [9.17, 15) is 41.2 Å². The van der Waals surface area contributed by atoms with Crippen LogP contribution in [0.2, 0.25) is 0 Å². The molecule has 0 radical (unpaired) electrons. The molecule has 13 nitrogen and oxygen atoms in total. The first kappa shape index (κ1) is 25.6. The Morgan fingerprint density at radius 2 is 1.53 bits per heavy atom. The van der Waals surface area contributed by atoms with Crippen molar-refractivity contribution in [1.82, 2.24) is 0 Å². The number of hydrogen-bond acceptors (Lipinski definition) is 10. The number of aromatic hydroxyl groups is 1. The molecule has 0 atom stereocenters. The summed E-state index contributed by atoms with van der Waals surface area (Å²) >= 11 is 0. The van der Waals surface area contributed by atoms with Crippen molar-refractivity contribution in [3.8, 4) is 5.75 Å². The molecule has 0 fully saturated rings. The topological polar surface area (TPSA) is 223 Å². The molecule has 0 amide bonds. The monoisotopic (exact) mass is 491 g/mol. The predicted molar refractivity (Wildman–Crippen MR) is 107 cm³/mol. The third-order valence-electron chi connectivity index (χ3n) is 4.06. The van der Waals surface area contributed by atoms with E-state index in [1.165, 1.54) is 12.1 Å². The van der Waals surface area contributed by atoms with Crippen LogP contribution in [0.4, 0.5) is 22.7 Å². The molecule has 3 aromatic carbocycles. The molecule has 0 bridgehead atoms. The number of rotatable bonds is 5. The van der Waals surface area contributed by atoms with Crippen LogP contribution < -0.4 is 35.3 Å². The number of hydrogen-bond donors (Lipinski definition) is 4. The van der Waals surface area contributed by atoms with Gasteiger partial charge in [-0.15, -0.1) is 5.11 Å². The van der Waals surface area contributed by atoms with Gasteiger partial charge in [-0.05, 0) is 35.7 Å². The van der Waals surface area contributed by atoms with Gasteiger partial charge >= 0.3 is 29.6 Å². The van der Waals surface area contributed by atoms with Crippen LogP contribution in [0, 0.1) is 10.1 Å². The van der Waals surface area contributed by atoms with E-state index in [-0.39, 0.29) is 57.4 Å².